The topological polar surface area (TPSA) is 9.23 Å². The largest absolute Gasteiger partial charge is 0.147 e. The maximum Gasteiger partial charge on any atom is -0.147 e. The SMILES string of the molecule is CC1=CC(C)C(c2ccc3ccccc3[c]2[Ti][O]CC(C)(C)C)=C1C.Cl.Cl. The monoisotopic (exact) mass is 440 g/mol. The summed E-state index contributed by atoms with van der Waals surface area (Å²) in [6.07, 6.45) is 2.39. The van der Waals surface area contributed by atoms with Crippen molar-refractivity contribution in [3.8, 4) is 0 Å². The van der Waals surface area contributed by atoms with E-state index in [9.17, 15) is 0 Å². The summed E-state index contributed by atoms with van der Waals surface area (Å²) in [5, 5.41) is 2.68. The second-order valence-corrected chi connectivity index (χ2v) is 9.89. The first-order valence-corrected chi connectivity index (χ1v) is 10.5. The minimum absolute atomic E-state index is 0. The molecule has 2 aromatic carbocycles. The molecule has 2 aromatic rings. The minimum atomic E-state index is -0.649. The van der Waals surface area contributed by atoms with Crippen molar-refractivity contribution in [1.29, 1.82) is 0 Å². The fourth-order valence-electron chi connectivity index (χ4n) is 3.52. The Kier molecular flexibility index (Phi) is 8.85. The van der Waals surface area contributed by atoms with Crippen LogP contribution in [0.5, 0.6) is 0 Å². The predicted octanol–water partition coefficient (Wildman–Crippen LogP) is 6.74. The summed E-state index contributed by atoms with van der Waals surface area (Å²) < 4.78 is 7.73. The second kappa shape index (κ2) is 9.76. The quantitative estimate of drug-likeness (QED) is 0.478. The van der Waals surface area contributed by atoms with Crippen molar-refractivity contribution in [1.82, 2.24) is 0 Å². The van der Waals surface area contributed by atoms with Gasteiger partial charge in [-0.1, -0.05) is 0 Å². The van der Waals surface area contributed by atoms with Crippen molar-refractivity contribution in [2.75, 3.05) is 6.61 Å². The summed E-state index contributed by atoms with van der Waals surface area (Å²) in [4.78, 5) is 0. The summed E-state index contributed by atoms with van der Waals surface area (Å²) in [7, 11) is 0. The van der Waals surface area contributed by atoms with Gasteiger partial charge in [0.25, 0.3) is 0 Å². The van der Waals surface area contributed by atoms with Crippen LogP contribution in [0, 0.1) is 11.3 Å². The van der Waals surface area contributed by atoms with E-state index >= 15 is 0 Å². The number of halogens is 2. The summed E-state index contributed by atoms with van der Waals surface area (Å²) in [6.45, 7) is 14.3. The van der Waals surface area contributed by atoms with Gasteiger partial charge in [0.05, 0.1) is 0 Å². The summed E-state index contributed by atoms with van der Waals surface area (Å²) in [5.41, 5.74) is 5.96. The number of rotatable bonds is 4. The van der Waals surface area contributed by atoms with E-state index in [-0.39, 0.29) is 30.2 Å². The van der Waals surface area contributed by atoms with Gasteiger partial charge in [-0.15, -0.1) is 24.8 Å². The average Bonchev–Trinajstić information content (AvgIpc) is 2.79. The van der Waals surface area contributed by atoms with Crippen LogP contribution in [-0.2, 0) is 22.9 Å². The van der Waals surface area contributed by atoms with Crippen LogP contribution < -0.4 is 3.87 Å². The molecule has 1 aliphatic rings. The van der Waals surface area contributed by atoms with Gasteiger partial charge in [0.15, 0.2) is 0 Å². The van der Waals surface area contributed by atoms with Gasteiger partial charge in [0, 0.05) is 0 Å². The Labute approximate surface area is 185 Å². The molecule has 3 rings (SSSR count). The van der Waals surface area contributed by atoms with Crippen LogP contribution in [0.1, 0.15) is 47.1 Å². The molecule has 146 valence electrons. The van der Waals surface area contributed by atoms with Gasteiger partial charge in [-0.05, 0) is 0 Å². The molecule has 1 aliphatic carbocycles. The van der Waals surface area contributed by atoms with Gasteiger partial charge in [-0.3, -0.25) is 0 Å². The summed E-state index contributed by atoms with van der Waals surface area (Å²) in [6, 6.07) is 13.3. The van der Waals surface area contributed by atoms with Crippen molar-refractivity contribution < 1.29 is 22.9 Å². The molecule has 27 heavy (non-hydrogen) atoms. The first-order valence-electron chi connectivity index (χ1n) is 9.07. The molecule has 0 saturated carbocycles. The normalized spacial score (nSPS) is 16.7. The third-order valence-corrected chi connectivity index (χ3v) is 6.46. The zero-order valence-corrected chi connectivity index (χ0v) is 20.2. The molecule has 1 unspecified atom stereocenters. The van der Waals surface area contributed by atoms with Gasteiger partial charge in [0.2, 0.25) is 0 Å². The fraction of sp³-hybridized carbons (Fsp3) is 0.391. The molecule has 1 nitrogen and oxygen atoms in total. The number of hydrogen-bond donors (Lipinski definition) is 0. The van der Waals surface area contributed by atoms with Crippen molar-refractivity contribution in [3.63, 3.8) is 0 Å². The maximum absolute atomic E-state index is 6.28. The van der Waals surface area contributed by atoms with E-state index < -0.39 is 19.5 Å². The zero-order valence-electron chi connectivity index (χ0n) is 17.1. The predicted molar refractivity (Wildman–Crippen MR) is 119 cm³/mol. The average molecular weight is 441 g/mol. The van der Waals surface area contributed by atoms with Crippen LogP contribution in [0.2, 0.25) is 0 Å². The minimum Gasteiger partial charge on any atom is -0.147 e. The fourth-order valence-corrected chi connectivity index (χ4v) is 5.57. The van der Waals surface area contributed by atoms with Crippen LogP contribution in [0.25, 0.3) is 16.3 Å². The Morgan fingerprint density at radius 1 is 1.00 bits per heavy atom. The van der Waals surface area contributed by atoms with Gasteiger partial charge in [-0.25, -0.2) is 0 Å². The molecule has 0 fully saturated rings. The van der Waals surface area contributed by atoms with Gasteiger partial charge >= 0.3 is 162 Å². The molecule has 0 aliphatic heterocycles. The molecular formula is C23H30Cl2OTi. The van der Waals surface area contributed by atoms with Crippen LogP contribution in [0.4, 0.5) is 0 Å². The molecular weight excluding hydrogens is 411 g/mol. The molecule has 0 spiro atoms. The molecule has 0 saturated heterocycles. The second-order valence-electron chi connectivity index (χ2n) is 8.34. The Balaban J connectivity index is 0.00000182. The van der Waals surface area contributed by atoms with E-state index in [0.717, 1.165) is 6.61 Å². The van der Waals surface area contributed by atoms with E-state index in [1.807, 2.05) is 0 Å². The third kappa shape index (κ3) is 5.49. The van der Waals surface area contributed by atoms with Crippen molar-refractivity contribution in [3.05, 3.63) is 59.2 Å². The van der Waals surface area contributed by atoms with Crippen LogP contribution >= 0.6 is 24.8 Å². The molecule has 0 heterocycles. The van der Waals surface area contributed by atoms with Crippen LogP contribution in [-0.4, -0.2) is 6.61 Å². The zero-order chi connectivity index (χ0) is 18.2. The van der Waals surface area contributed by atoms with Crippen molar-refractivity contribution in [2.45, 2.75) is 41.5 Å². The van der Waals surface area contributed by atoms with Gasteiger partial charge in [0.1, 0.15) is 0 Å². The standard InChI is InChI=1S/C18H17.C5H11O.2ClH.Ti/c1-12-10-13(2)18(14(12)3)17-9-8-15-6-4-5-7-16(15)11-17;1-5(2,3)4-6;;;/h4-10,13H,1-3H3;4H2,1-3H3;2*1H;/q;-1;;;+1. The van der Waals surface area contributed by atoms with Gasteiger partial charge in [-0.2, -0.15) is 0 Å². The summed E-state index contributed by atoms with van der Waals surface area (Å²) >= 11 is -0.649. The number of hydrogen-bond acceptors (Lipinski definition) is 1. The van der Waals surface area contributed by atoms with E-state index in [2.05, 4.69) is 84.0 Å². The number of allylic oxidation sites excluding steroid dienone is 4. The van der Waals surface area contributed by atoms with Crippen molar-refractivity contribution in [2.24, 2.45) is 11.3 Å². The first kappa shape index (κ1) is 24.5. The molecule has 1 atom stereocenters. The van der Waals surface area contributed by atoms with Gasteiger partial charge < -0.3 is 0 Å². The Morgan fingerprint density at radius 2 is 1.67 bits per heavy atom. The van der Waals surface area contributed by atoms with E-state index in [1.165, 1.54) is 36.9 Å². The molecule has 4 heteroatoms. The Hall–Kier alpha value is -0.566. The van der Waals surface area contributed by atoms with Crippen LogP contribution in [0.15, 0.2) is 53.6 Å². The van der Waals surface area contributed by atoms with E-state index in [0.29, 0.717) is 5.92 Å². The number of fused-ring (bicyclic) bond motifs is 1. The first-order chi connectivity index (χ1) is 11.8. The molecule has 0 bridgehead atoms. The molecule has 0 radical (unpaired) electrons. The molecule has 0 amide bonds. The smallest absolute Gasteiger partial charge is 0.147 e. The van der Waals surface area contributed by atoms with E-state index in [4.69, 9.17) is 3.32 Å². The summed E-state index contributed by atoms with van der Waals surface area (Å²) in [5.74, 6) is 0.481. The molecule has 0 N–H and O–H groups in total. The third-order valence-electron chi connectivity index (χ3n) is 4.85. The Morgan fingerprint density at radius 3 is 2.26 bits per heavy atom. The van der Waals surface area contributed by atoms with E-state index in [1.54, 1.807) is 0 Å². The number of benzene rings is 2. The van der Waals surface area contributed by atoms with Crippen LogP contribution in [0.3, 0.4) is 0 Å². The van der Waals surface area contributed by atoms with Crippen molar-refractivity contribution >= 4 is 45.0 Å². The maximum atomic E-state index is 6.28. The molecule has 0 aromatic heterocycles. The Bertz CT molecular complexity index is 862.